The number of benzene rings is 1. The standard InChI is InChI=1S/C11H11ClN2O4/c1-2-14-6-3-7(16)11(18)9(12)8(6)10(17)5(13)4-15/h3-4,13-14,16,18H,2H2,1H3. The maximum Gasteiger partial charge on any atom is 0.217 e. The molecule has 0 aliphatic heterocycles. The highest BCUT2D eigenvalue weighted by atomic mass is 35.5. The van der Waals surface area contributed by atoms with Crippen LogP contribution in [0.4, 0.5) is 5.69 Å². The monoisotopic (exact) mass is 270 g/mol. The van der Waals surface area contributed by atoms with Gasteiger partial charge in [-0.25, -0.2) is 0 Å². The summed E-state index contributed by atoms with van der Waals surface area (Å²) in [5, 5.41) is 28.4. The van der Waals surface area contributed by atoms with E-state index in [9.17, 15) is 19.8 Å². The number of carbonyl (C=O) groups excluding carboxylic acids is 2. The fourth-order valence-electron chi connectivity index (χ4n) is 1.37. The number of ketones is 1. The van der Waals surface area contributed by atoms with Crippen LogP contribution in [0.25, 0.3) is 0 Å². The highest BCUT2D eigenvalue weighted by Crippen LogP contribution is 2.40. The van der Waals surface area contributed by atoms with E-state index < -0.39 is 28.0 Å². The number of hydrogen-bond donors (Lipinski definition) is 4. The Bertz CT molecular complexity index is 528. The van der Waals surface area contributed by atoms with Crippen LogP contribution in [-0.4, -0.2) is 34.5 Å². The molecule has 0 bridgehead atoms. The maximum absolute atomic E-state index is 11.8. The lowest BCUT2D eigenvalue weighted by atomic mass is 10.0. The van der Waals surface area contributed by atoms with Gasteiger partial charge in [0.15, 0.2) is 17.8 Å². The lowest BCUT2D eigenvalue weighted by Gasteiger charge is -2.13. The molecule has 0 saturated heterocycles. The molecule has 0 heterocycles. The molecule has 0 aromatic heterocycles. The number of Topliss-reactive ketones (excluding diaryl/α,β-unsaturated/α-hetero) is 1. The number of carbonyl (C=O) groups is 2. The topological polar surface area (TPSA) is 110 Å². The van der Waals surface area contributed by atoms with Crippen LogP contribution in [0, 0.1) is 5.41 Å². The molecule has 1 rings (SSSR count). The van der Waals surface area contributed by atoms with E-state index in [-0.39, 0.29) is 17.5 Å². The molecule has 1 aromatic rings. The molecule has 0 radical (unpaired) electrons. The van der Waals surface area contributed by atoms with Gasteiger partial charge in [-0.1, -0.05) is 11.6 Å². The van der Waals surface area contributed by atoms with E-state index in [1.54, 1.807) is 6.92 Å². The van der Waals surface area contributed by atoms with Gasteiger partial charge in [-0.3, -0.25) is 15.0 Å². The Balaban J connectivity index is 3.48. The van der Waals surface area contributed by atoms with Crippen LogP contribution in [-0.2, 0) is 4.79 Å². The van der Waals surface area contributed by atoms with Gasteiger partial charge in [0.1, 0.15) is 5.71 Å². The first kappa shape index (κ1) is 14.0. The lowest BCUT2D eigenvalue weighted by Crippen LogP contribution is -2.17. The summed E-state index contributed by atoms with van der Waals surface area (Å²) in [7, 11) is 0. The molecule has 0 atom stereocenters. The van der Waals surface area contributed by atoms with Gasteiger partial charge in [-0.05, 0) is 6.92 Å². The fraction of sp³-hybridized carbons (Fsp3) is 0.182. The second-order valence-electron chi connectivity index (χ2n) is 3.37. The third-order valence-electron chi connectivity index (χ3n) is 2.18. The molecule has 0 fully saturated rings. The average molecular weight is 271 g/mol. The highest BCUT2D eigenvalue weighted by molar-refractivity contribution is 6.64. The second-order valence-corrected chi connectivity index (χ2v) is 3.75. The van der Waals surface area contributed by atoms with Crippen molar-refractivity contribution >= 4 is 35.1 Å². The first-order valence-electron chi connectivity index (χ1n) is 5.00. The van der Waals surface area contributed by atoms with E-state index >= 15 is 0 Å². The molecular formula is C11H11ClN2O4. The van der Waals surface area contributed by atoms with Crippen molar-refractivity contribution < 1.29 is 19.8 Å². The summed E-state index contributed by atoms with van der Waals surface area (Å²) < 4.78 is 0. The van der Waals surface area contributed by atoms with Crippen molar-refractivity contribution in [2.24, 2.45) is 0 Å². The molecule has 7 heteroatoms. The van der Waals surface area contributed by atoms with Gasteiger partial charge in [-0.15, -0.1) is 0 Å². The van der Waals surface area contributed by atoms with Gasteiger partial charge in [0.25, 0.3) is 0 Å². The molecule has 0 unspecified atom stereocenters. The van der Waals surface area contributed by atoms with E-state index in [0.29, 0.717) is 6.54 Å². The Morgan fingerprint density at radius 1 is 1.56 bits per heavy atom. The summed E-state index contributed by atoms with van der Waals surface area (Å²) >= 11 is 5.75. The molecule has 0 saturated carbocycles. The summed E-state index contributed by atoms with van der Waals surface area (Å²) in [5.74, 6) is -2.09. The van der Waals surface area contributed by atoms with Gasteiger partial charge in [-0.2, -0.15) is 0 Å². The number of rotatable bonds is 5. The van der Waals surface area contributed by atoms with E-state index in [4.69, 9.17) is 17.0 Å². The van der Waals surface area contributed by atoms with Crippen LogP contribution >= 0.6 is 11.6 Å². The Morgan fingerprint density at radius 3 is 2.67 bits per heavy atom. The number of anilines is 1. The molecule has 0 amide bonds. The van der Waals surface area contributed by atoms with Crippen LogP contribution in [0.3, 0.4) is 0 Å². The Labute approximate surface area is 108 Å². The van der Waals surface area contributed by atoms with Gasteiger partial charge >= 0.3 is 0 Å². The summed E-state index contributed by atoms with van der Waals surface area (Å²) in [6.45, 7) is 2.17. The maximum atomic E-state index is 11.8. The molecule has 4 N–H and O–H groups in total. The molecule has 1 aromatic carbocycles. The molecule has 0 aliphatic carbocycles. The normalized spacial score (nSPS) is 9.89. The van der Waals surface area contributed by atoms with Crippen LogP contribution in [0.2, 0.25) is 5.02 Å². The van der Waals surface area contributed by atoms with Crippen molar-refractivity contribution in [3.8, 4) is 11.5 Å². The van der Waals surface area contributed by atoms with Crippen molar-refractivity contribution in [3.63, 3.8) is 0 Å². The fourth-order valence-corrected chi connectivity index (χ4v) is 1.65. The second kappa shape index (κ2) is 5.50. The van der Waals surface area contributed by atoms with Crippen molar-refractivity contribution in [1.29, 1.82) is 5.41 Å². The number of aldehydes is 1. The van der Waals surface area contributed by atoms with Crippen LogP contribution in [0.1, 0.15) is 17.3 Å². The molecule has 0 aliphatic rings. The summed E-state index contributed by atoms with van der Waals surface area (Å²) in [6, 6.07) is 1.11. The molecule has 0 spiro atoms. The third-order valence-corrected chi connectivity index (χ3v) is 2.55. The van der Waals surface area contributed by atoms with Gasteiger partial charge in [0.05, 0.1) is 16.3 Å². The number of phenols is 2. The SMILES string of the molecule is CCNc1cc(O)c(O)c(Cl)c1C(=O)C(=N)C=O. The first-order chi connectivity index (χ1) is 8.43. The van der Waals surface area contributed by atoms with Crippen molar-refractivity contribution in [2.45, 2.75) is 6.92 Å². The minimum absolute atomic E-state index is 0.0816. The average Bonchev–Trinajstić information content (AvgIpc) is 2.35. The van der Waals surface area contributed by atoms with Gasteiger partial charge in [0, 0.05) is 12.6 Å². The van der Waals surface area contributed by atoms with Crippen molar-refractivity contribution in [1.82, 2.24) is 0 Å². The lowest BCUT2D eigenvalue weighted by molar-refractivity contribution is -0.102. The zero-order valence-corrected chi connectivity index (χ0v) is 10.2. The number of halogens is 1. The van der Waals surface area contributed by atoms with Gasteiger partial charge < -0.3 is 15.5 Å². The van der Waals surface area contributed by atoms with Crippen LogP contribution in [0.5, 0.6) is 11.5 Å². The Kier molecular flexibility index (Phi) is 4.28. The zero-order chi connectivity index (χ0) is 13.9. The third kappa shape index (κ3) is 2.43. The zero-order valence-electron chi connectivity index (χ0n) is 9.45. The minimum atomic E-state index is -0.929. The quantitative estimate of drug-likeness (QED) is 0.162. The van der Waals surface area contributed by atoms with Crippen molar-refractivity contribution in [2.75, 3.05) is 11.9 Å². The van der Waals surface area contributed by atoms with Crippen LogP contribution in [0.15, 0.2) is 6.07 Å². The largest absolute Gasteiger partial charge is 0.504 e. The summed E-state index contributed by atoms with van der Waals surface area (Å²) in [5.41, 5.74) is -0.860. The van der Waals surface area contributed by atoms with Crippen LogP contribution < -0.4 is 5.32 Å². The molecule has 6 nitrogen and oxygen atoms in total. The van der Waals surface area contributed by atoms with E-state index in [0.717, 1.165) is 6.07 Å². The van der Waals surface area contributed by atoms with E-state index in [1.807, 2.05) is 0 Å². The number of hydrogen-bond acceptors (Lipinski definition) is 6. The van der Waals surface area contributed by atoms with E-state index in [2.05, 4.69) is 5.32 Å². The highest BCUT2D eigenvalue weighted by Gasteiger charge is 2.24. The predicted octanol–water partition coefficient (Wildman–Crippen LogP) is 1.58. The number of aromatic hydroxyl groups is 2. The van der Waals surface area contributed by atoms with E-state index in [1.165, 1.54) is 0 Å². The van der Waals surface area contributed by atoms with Gasteiger partial charge in [0.2, 0.25) is 5.78 Å². The summed E-state index contributed by atoms with van der Waals surface area (Å²) in [4.78, 5) is 22.2. The summed E-state index contributed by atoms with van der Waals surface area (Å²) in [6.07, 6.45) is 0.0816. The van der Waals surface area contributed by atoms with Crippen molar-refractivity contribution in [3.05, 3.63) is 16.7 Å². The molecular weight excluding hydrogens is 260 g/mol. The molecule has 18 heavy (non-hydrogen) atoms. The minimum Gasteiger partial charge on any atom is -0.504 e. The first-order valence-corrected chi connectivity index (χ1v) is 5.38. The number of phenolic OH excluding ortho intramolecular Hbond substituents is 2. The Morgan fingerprint density at radius 2 is 2.17 bits per heavy atom. The smallest absolute Gasteiger partial charge is 0.217 e. The molecule has 96 valence electrons. The predicted molar refractivity (Wildman–Crippen MR) is 67.1 cm³/mol. The Hall–Kier alpha value is -2.08. The number of nitrogens with one attached hydrogen (secondary N) is 2.